The third-order valence-electron chi connectivity index (χ3n) is 4.65. The fourth-order valence-electron chi connectivity index (χ4n) is 3.66. The predicted molar refractivity (Wildman–Crippen MR) is 77.0 cm³/mol. The van der Waals surface area contributed by atoms with E-state index in [-0.39, 0.29) is 6.17 Å². The van der Waals surface area contributed by atoms with Gasteiger partial charge < -0.3 is 10.3 Å². The molecule has 0 radical (unpaired) electrons. The van der Waals surface area contributed by atoms with E-state index in [9.17, 15) is 0 Å². The lowest BCUT2D eigenvalue weighted by molar-refractivity contribution is 0.202. The van der Waals surface area contributed by atoms with Gasteiger partial charge in [0.2, 0.25) is 0 Å². The fourth-order valence-corrected chi connectivity index (χ4v) is 3.66. The van der Waals surface area contributed by atoms with Gasteiger partial charge in [-0.1, -0.05) is 0 Å². The zero-order valence-electron chi connectivity index (χ0n) is 12.2. The SMILES string of the molecule is CC(C)N1CCCC1Cc1cn2c(n1)CCCC2N. The quantitative estimate of drug-likeness (QED) is 0.907. The van der Waals surface area contributed by atoms with Crippen molar-refractivity contribution in [2.75, 3.05) is 6.54 Å². The molecule has 1 saturated heterocycles. The fraction of sp³-hybridized carbons (Fsp3) is 0.800. The Morgan fingerprint density at radius 3 is 2.95 bits per heavy atom. The number of hydrogen-bond donors (Lipinski definition) is 1. The van der Waals surface area contributed by atoms with Gasteiger partial charge in [-0.25, -0.2) is 4.98 Å². The standard InChI is InChI=1S/C15H26N4/c1-11(2)18-8-4-5-13(18)9-12-10-19-14(16)6-3-7-15(19)17-12/h10-11,13-14H,3-9,16H2,1-2H3. The minimum Gasteiger partial charge on any atom is -0.319 e. The van der Waals surface area contributed by atoms with Crippen molar-refractivity contribution in [3.05, 3.63) is 17.7 Å². The molecule has 1 fully saturated rings. The highest BCUT2D eigenvalue weighted by Gasteiger charge is 2.28. The van der Waals surface area contributed by atoms with Gasteiger partial charge >= 0.3 is 0 Å². The summed E-state index contributed by atoms with van der Waals surface area (Å²) in [6.07, 6.45) is 9.44. The number of nitrogens with two attached hydrogens (primary N) is 1. The number of imidazole rings is 1. The van der Waals surface area contributed by atoms with Gasteiger partial charge in [0.15, 0.2) is 0 Å². The van der Waals surface area contributed by atoms with Crippen molar-refractivity contribution in [3.8, 4) is 0 Å². The molecule has 0 amide bonds. The predicted octanol–water partition coefficient (Wildman–Crippen LogP) is 2.09. The first kappa shape index (κ1) is 13.1. The van der Waals surface area contributed by atoms with E-state index in [1.54, 1.807) is 0 Å². The van der Waals surface area contributed by atoms with Gasteiger partial charge in [-0.2, -0.15) is 0 Å². The van der Waals surface area contributed by atoms with E-state index in [2.05, 4.69) is 29.5 Å². The van der Waals surface area contributed by atoms with E-state index in [1.807, 2.05) is 0 Å². The topological polar surface area (TPSA) is 47.1 Å². The molecule has 3 rings (SSSR count). The van der Waals surface area contributed by atoms with Crippen molar-refractivity contribution in [2.24, 2.45) is 5.73 Å². The van der Waals surface area contributed by atoms with Gasteiger partial charge in [-0.3, -0.25) is 4.90 Å². The molecule has 4 heteroatoms. The molecule has 0 bridgehead atoms. The highest BCUT2D eigenvalue weighted by Crippen LogP contribution is 2.25. The Balaban J connectivity index is 1.73. The van der Waals surface area contributed by atoms with Crippen molar-refractivity contribution in [3.63, 3.8) is 0 Å². The molecular weight excluding hydrogens is 236 g/mol. The van der Waals surface area contributed by atoms with E-state index in [0.717, 1.165) is 19.3 Å². The van der Waals surface area contributed by atoms with Crippen LogP contribution in [-0.4, -0.2) is 33.1 Å². The highest BCUT2D eigenvalue weighted by molar-refractivity contribution is 5.10. The Morgan fingerprint density at radius 2 is 2.21 bits per heavy atom. The number of hydrogen-bond acceptors (Lipinski definition) is 3. The summed E-state index contributed by atoms with van der Waals surface area (Å²) >= 11 is 0. The van der Waals surface area contributed by atoms with Gasteiger partial charge in [-0.05, 0) is 46.1 Å². The van der Waals surface area contributed by atoms with Crippen LogP contribution in [0.25, 0.3) is 0 Å². The maximum atomic E-state index is 6.16. The van der Waals surface area contributed by atoms with Crippen LogP contribution >= 0.6 is 0 Å². The van der Waals surface area contributed by atoms with Crippen molar-refractivity contribution in [1.82, 2.24) is 14.5 Å². The molecule has 0 spiro atoms. The molecule has 2 aliphatic heterocycles. The molecule has 0 saturated carbocycles. The third-order valence-corrected chi connectivity index (χ3v) is 4.65. The minimum absolute atomic E-state index is 0.148. The first-order chi connectivity index (χ1) is 9.15. The molecule has 106 valence electrons. The number of aromatic nitrogens is 2. The smallest absolute Gasteiger partial charge is 0.110 e. The second-order valence-corrected chi connectivity index (χ2v) is 6.35. The Hall–Kier alpha value is -0.870. The van der Waals surface area contributed by atoms with Crippen LogP contribution in [0.5, 0.6) is 0 Å². The van der Waals surface area contributed by atoms with Crippen LogP contribution in [0.2, 0.25) is 0 Å². The lowest BCUT2D eigenvalue weighted by atomic mass is 10.1. The second kappa shape index (κ2) is 5.25. The molecule has 2 aliphatic rings. The van der Waals surface area contributed by atoms with Crippen LogP contribution in [-0.2, 0) is 12.8 Å². The molecule has 19 heavy (non-hydrogen) atoms. The van der Waals surface area contributed by atoms with Crippen LogP contribution < -0.4 is 5.73 Å². The minimum atomic E-state index is 0.148. The Labute approximate surface area is 116 Å². The molecule has 4 nitrogen and oxygen atoms in total. The summed E-state index contributed by atoms with van der Waals surface area (Å²) in [5.41, 5.74) is 7.40. The average molecular weight is 262 g/mol. The zero-order valence-corrected chi connectivity index (χ0v) is 12.2. The van der Waals surface area contributed by atoms with Crippen LogP contribution in [0.3, 0.4) is 0 Å². The normalized spacial score (nSPS) is 28.0. The van der Waals surface area contributed by atoms with Crippen LogP contribution in [0.4, 0.5) is 0 Å². The summed E-state index contributed by atoms with van der Waals surface area (Å²) in [7, 11) is 0. The molecule has 0 aliphatic carbocycles. The first-order valence-corrected chi connectivity index (χ1v) is 7.73. The molecule has 1 aromatic rings. The number of likely N-dealkylation sites (tertiary alicyclic amines) is 1. The summed E-state index contributed by atoms with van der Waals surface area (Å²) < 4.78 is 2.20. The van der Waals surface area contributed by atoms with E-state index in [4.69, 9.17) is 10.7 Å². The molecule has 1 aromatic heterocycles. The lowest BCUT2D eigenvalue weighted by Gasteiger charge is -2.27. The van der Waals surface area contributed by atoms with E-state index < -0.39 is 0 Å². The first-order valence-electron chi connectivity index (χ1n) is 7.73. The van der Waals surface area contributed by atoms with Crippen molar-refractivity contribution in [1.29, 1.82) is 0 Å². The highest BCUT2D eigenvalue weighted by atomic mass is 15.2. The Kier molecular flexibility index (Phi) is 3.63. The summed E-state index contributed by atoms with van der Waals surface area (Å²) in [6.45, 7) is 5.84. The third kappa shape index (κ3) is 2.56. The molecular formula is C15H26N4. The Bertz CT molecular complexity index is 437. The van der Waals surface area contributed by atoms with Gasteiger partial charge in [-0.15, -0.1) is 0 Å². The largest absolute Gasteiger partial charge is 0.319 e. The lowest BCUT2D eigenvalue weighted by Crippen LogP contribution is -2.36. The van der Waals surface area contributed by atoms with Gasteiger partial charge in [0.05, 0.1) is 11.9 Å². The van der Waals surface area contributed by atoms with E-state index in [0.29, 0.717) is 12.1 Å². The van der Waals surface area contributed by atoms with Gasteiger partial charge in [0.25, 0.3) is 0 Å². The summed E-state index contributed by atoms with van der Waals surface area (Å²) in [5, 5.41) is 0. The molecule has 2 N–H and O–H groups in total. The van der Waals surface area contributed by atoms with Gasteiger partial charge in [0.1, 0.15) is 5.82 Å². The Morgan fingerprint density at radius 1 is 1.37 bits per heavy atom. The van der Waals surface area contributed by atoms with Crippen molar-refractivity contribution >= 4 is 0 Å². The van der Waals surface area contributed by atoms with Gasteiger partial charge in [0, 0.05) is 31.1 Å². The maximum Gasteiger partial charge on any atom is 0.110 e. The van der Waals surface area contributed by atoms with E-state index >= 15 is 0 Å². The van der Waals surface area contributed by atoms with Crippen LogP contribution in [0.15, 0.2) is 6.20 Å². The number of nitrogens with zero attached hydrogens (tertiary/aromatic N) is 3. The van der Waals surface area contributed by atoms with Crippen molar-refractivity contribution < 1.29 is 0 Å². The zero-order chi connectivity index (χ0) is 13.4. The molecule has 0 aromatic carbocycles. The number of aryl methyl sites for hydroxylation is 1. The molecule has 2 unspecified atom stereocenters. The van der Waals surface area contributed by atoms with Crippen molar-refractivity contribution in [2.45, 2.75) is 70.6 Å². The monoisotopic (exact) mass is 262 g/mol. The number of rotatable bonds is 3. The molecule has 2 atom stereocenters. The second-order valence-electron chi connectivity index (χ2n) is 6.35. The van der Waals surface area contributed by atoms with Crippen LogP contribution in [0.1, 0.15) is 57.2 Å². The van der Waals surface area contributed by atoms with E-state index in [1.165, 1.54) is 37.3 Å². The molecule has 3 heterocycles. The van der Waals surface area contributed by atoms with Crippen LogP contribution in [0, 0.1) is 0 Å². The summed E-state index contributed by atoms with van der Waals surface area (Å²) in [4.78, 5) is 7.44. The summed E-state index contributed by atoms with van der Waals surface area (Å²) in [5.74, 6) is 1.20. The maximum absolute atomic E-state index is 6.16. The number of fused-ring (bicyclic) bond motifs is 1. The summed E-state index contributed by atoms with van der Waals surface area (Å²) in [6, 6.07) is 1.32. The average Bonchev–Trinajstić information content (AvgIpc) is 2.96.